The van der Waals surface area contributed by atoms with E-state index in [0.29, 0.717) is 0 Å². The molecule has 1 fully saturated rings. The number of carbonyl (C=O) groups is 1. The summed E-state index contributed by atoms with van der Waals surface area (Å²) in [5.74, 6) is -0.0578. The number of hydrogen-bond acceptors (Lipinski definition) is 2. The van der Waals surface area contributed by atoms with Gasteiger partial charge in [0.25, 0.3) is 0 Å². The molecule has 3 heteroatoms. The maximum absolute atomic E-state index is 11.8. The van der Waals surface area contributed by atoms with Crippen molar-refractivity contribution >= 4 is 11.6 Å². The van der Waals surface area contributed by atoms with Crippen LogP contribution in [0, 0.1) is 6.92 Å². The minimum Gasteiger partial charge on any atom is -0.324 e. The lowest BCUT2D eigenvalue weighted by molar-refractivity contribution is -0.123. The number of amides is 1. The summed E-state index contributed by atoms with van der Waals surface area (Å²) in [5.41, 5.74) is 7.29. The van der Waals surface area contributed by atoms with Crippen LogP contribution in [-0.4, -0.2) is 11.4 Å². The van der Waals surface area contributed by atoms with Crippen LogP contribution in [0.25, 0.3) is 0 Å². The molecule has 1 aliphatic rings. The molecular formula is C12H16N2O. The van der Waals surface area contributed by atoms with Gasteiger partial charge in [-0.2, -0.15) is 0 Å². The molecule has 0 bridgehead atoms. The smallest absolute Gasteiger partial charge is 0.244 e. The Morgan fingerprint density at radius 2 is 1.93 bits per heavy atom. The van der Waals surface area contributed by atoms with Crippen molar-refractivity contribution in [3.63, 3.8) is 0 Å². The molecule has 0 spiro atoms. The maximum atomic E-state index is 11.8. The Hall–Kier alpha value is -1.35. The Kier molecular flexibility index (Phi) is 2.49. The Labute approximate surface area is 89.7 Å². The SMILES string of the molecule is Cc1ccc(NC(=O)C2(N)CCC2)cc1. The van der Waals surface area contributed by atoms with Gasteiger partial charge < -0.3 is 11.1 Å². The molecule has 0 aliphatic heterocycles. The van der Waals surface area contributed by atoms with E-state index in [2.05, 4.69) is 5.32 Å². The number of hydrogen-bond donors (Lipinski definition) is 2. The van der Waals surface area contributed by atoms with Crippen molar-refractivity contribution in [2.75, 3.05) is 5.32 Å². The highest BCUT2D eigenvalue weighted by Crippen LogP contribution is 2.30. The zero-order valence-corrected chi connectivity index (χ0v) is 8.92. The number of benzene rings is 1. The van der Waals surface area contributed by atoms with Gasteiger partial charge in [0.05, 0.1) is 5.54 Å². The fourth-order valence-corrected chi connectivity index (χ4v) is 1.68. The number of anilines is 1. The Morgan fingerprint density at radius 3 is 2.40 bits per heavy atom. The fraction of sp³-hybridized carbons (Fsp3) is 0.417. The predicted molar refractivity (Wildman–Crippen MR) is 60.6 cm³/mol. The van der Waals surface area contributed by atoms with Crippen molar-refractivity contribution in [3.05, 3.63) is 29.8 Å². The van der Waals surface area contributed by atoms with Crippen molar-refractivity contribution in [1.29, 1.82) is 0 Å². The molecule has 1 saturated carbocycles. The zero-order valence-electron chi connectivity index (χ0n) is 8.92. The van der Waals surface area contributed by atoms with Crippen LogP contribution < -0.4 is 11.1 Å². The van der Waals surface area contributed by atoms with Gasteiger partial charge in [0.2, 0.25) is 5.91 Å². The first-order chi connectivity index (χ1) is 7.10. The normalized spacial score (nSPS) is 18.0. The third-order valence-corrected chi connectivity index (χ3v) is 3.01. The van der Waals surface area contributed by atoms with Crippen LogP contribution in [-0.2, 0) is 4.79 Å². The summed E-state index contributed by atoms with van der Waals surface area (Å²) in [6.45, 7) is 2.02. The molecule has 80 valence electrons. The topological polar surface area (TPSA) is 55.1 Å². The summed E-state index contributed by atoms with van der Waals surface area (Å²) in [4.78, 5) is 11.8. The maximum Gasteiger partial charge on any atom is 0.244 e. The molecule has 0 unspecified atom stereocenters. The summed E-state index contributed by atoms with van der Waals surface area (Å²) in [6.07, 6.45) is 2.65. The van der Waals surface area contributed by atoms with E-state index >= 15 is 0 Å². The van der Waals surface area contributed by atoms with Crippen molar-refractivity contribution in [2.24, 2.45) is 5.73 Å². The van der Waals surface area contributed by atoms with Gasteiger partial charge in [0, 0.05) is 5.69 Å². The fourth-order valence-electron chi connectivity index (χ4n) is 1.68. The minimum atomic E-state index is -0.620. The lowest BCUT2D eigenvalue weighted by Gasteiger charge is -2.36. The van der Waals surface area contributed by atoms with E-state index in [4.69, 9.17) is 5.73 Å². The largest absolute Gasteiger partial charge is 0.324 e. The van der Waals surface area contributed by atoms with Gasteiger partial charge in [0.1, 0.15) is 0 Å². The quantitative estimate of drug-likeness (QED) is 0.772. The van der Waals surface area contributed by atoms with E-state index < -0.39 is 5.54 Å². The molecule has 15 heavy (non-hydrogen) atoms. The summed E-state index contributed by atoms with van der Waals surface area (Å²) < 4.78 is 0. The van der Waals surface area contributed by atoms with E-state index in [1.54, 1.807) is 0 Å². The summed E-state index contributed by atoms with van der Waals surface area (Å²) in [5, 5.41) is 2.85. The van der Waals surface area contributed by atoms with Crippen molar-refractivity contribution in [2.45, 2.75) is 31.7 Å². The van der Waals surface area contributed by atoms with Crippen LogP contribution in [0.3, 0.4) is 0 Å². The average Bonchev–Trinajstić information content (AvgIpc) is 2.18. The van der Waals surface area contributed by atoms with Crippen LogP contribution >= 0.6 is 0 Å². The first-order valence-corrected chi connectivity index (χ1v) is 5.27. The number of nitrogens with two attached hydrogens (primary N) is 1. The Balaban J connectivity index is 2.02. The third kappa shape index (κ3) is 2.02. The average molecular weight is 204 g/mol. The molecule has 1 aliphatic carbocycles. The summed E-state index contributed by atoms with van der Waals surface area (Å²) in [6, 6.07) is 7.74. The molecule has 3 nitrogen and oxygen atoms in total. The van der Waals surface area contributed by atoms with E-state index in [1.807, 2.05) is 31.2 Å². The third-order valence-electron chi connectivity index (χ3n) is 3.01. The van der Waals surface area contributed by atoms with E-state index in [9.17, 15) is 4.79 Å². The second-order valence-electron chi connectivity index (χ2n) is 4.33. The molecule has 1 aromatic carbocycles. The van der Waals surface area contributed by atoms with E-state index in [1.165, 1.54) is 5.56 Å². The van der Waals surface area contributed by atoms with Crippen molar-refractivity contribution in [1.82, 2.24) is 0 Å². The number of nitrogens with one attached hydrogen (secondary N) is 1. The molecule has 0 heterocycles. The molecule has 3 N–H and O–H groups in total. The monoisotopic (exact) mass is 204 g/mol. The lowest BCUT2D eigenvalue weighted by Crippen LogP contribution is -2.56. The number of rotatable bonds is 2. The molecule has 0 atom stereocenters. The highest BCUT2D eigenvalue weighted by molar-refractivity contribution is 5.98. The van der Waals surface area contributed by atoms with Crippen LogP contribution in [0.5, 0.6) is 0 Å². The first kappa shape index (κ1) is 10.2. The summed E-state index contributed by atoms with van der Waals surface area (Å²) in [7, 11) is 0. The van der Waals surface area contributed by atoms with Crippen LogP contribution in [0.15, 0.2) is 24.3 Å². The molecule has 2 rings (SSSR count). The van der Waals surface area contributed by atoms with Crippen LogP contribution in [0.2, 0.25) is 0 Å². The predicted octanol–water partition coefficient (Wildman–Crippen LogP) is 1.81. The van der Waals surface area contributed by atoms with Gasteiger partial charge in [-0.1, -0.05) is 17.7 Å². The Bertz CT molecular complexity index is 366. The van der Waals surface area contributed by atoms with Gasteiger partial charge in [-0.3, -0.25) is 4.79 Å². The molecule has 1 aromatic rings. The second-order valence-corrected chi connectivity index (χ2v) is 4.33. The Morgan fingerprint density at radius 1 is 1.33 bits per heavy atom. The second kappa shape index (κ2) is 3.66. The molecule has 0 saturated heterocycles. The van der Waals surface area contributed by atoms with Gasteiger partial charge in [-0.15, -0.1) is 0 Å². The van der Waals surface area contributed by atoms with Gasteiger partial charge in [0.15, 0.2) is 0 Å². The van der Waals surface area contributed by atoms with Crippen LogP contribution in [0.4, 0.5) is 5.69 Å². The highest BCUT2D eigenvalue weighted by Gasteiger charge is 2.39. The minimum absolute atomic E-state index is 0.0578. The number of aryl methyl sites for hydroxylation is 1. The molecular weight excluding hydrogens is 188 g/mol. The zero-order chi connectivity index (χ0) is 10.9. The molecule has 1 amide bonds. The highest BCUT2D eigenvalue weighted by atomic mass is 16.2. The molecule has 0 radical (unpaired) electrons. The first-order valence-electron chi connectivity index (χ1n) is 5.27. The van der Waals surface area contributed by atoms with E-state index in [-0.39, 0.29) is 5.91 Å². The van der Waals surface area contributed by atoms with E-state index in [0.717, 1.165) is 24.9 Å². The number of carbonyl (C=O) groups excluding carboxylic acids is 1. The van der Waals surface area contributed by atoms with Crippen molar-refractivity contribution in [3.8, 4) is 0 Å². The van der Waals surface area contributed by atoms with Gasteiger partial charge >= 0.3 is 0 Å². The van der Waals surface area contributed by atoms with Gasteiger partial charge in [-0.05, 0) is 38.3 Å². The van der Waals surface area contributed by atoms with Crippen molar-refractivity contribution < 1.29 is 4.79 Å². The summed E-state index contributed by atoms with van der Waals surface area (Å²) >= 11 is 0. The standard InChI is InChI=1S/C12H16N2O/c1-9-3-5-10(6-4-9)14-11(15)12(13)7-2-8-12/h3-6H,2,7-8,13H2,1H3,(H,14,15). The lowest BCUT2D eigenvalue weighted by atomic mass is 9.77. The molecule has 0 aromatic heterocycles. The van der Waals surface area contributed by atoms with Gasteiger partial charge in [-0.25, -0.2) is 0 Å². The van der Waals surface area contributed by atoms with Crippen LogP contribution in [0.1, 0.15) is 24.8 Å².